The number of hydrogen-bond donors (Lipinski definition) is 0. The first-order valence-electron chi connectivity index (χ1n) is 3.94. The van der Waals surface area contributed by atoms with Gasteiger partial charge in [-0.3, -0.25) is 0 Å². The molecule has 0 fully saturated rings. The fourth-order valence-corrected chi connectivity index (χ4v) is 1.14. The van der Waals surface area contributed by atoms with Crippen LogP contribution in [0.25, 0.3) is 0 Å². The van der Waals surface area contributed by atoms with E-state index < -0.39 is 24.2 Å². The zero-order chi connectivity index (χ0) is 13.3. The summed E-state index contributed by atoms with van der Waals surface area (Å²) in [6, 6.07) is 2.50. The van der Waals surface area contributed by atoms with Gasteiger partial charge in [0.05, 0.1) is 10.2 Å². The first-order chi connectivity index (χ1) is 7.57. The lowest BCUT2D eigenvalue weighted by atomic mass is 10.3. The van der Waals surface area contributed by atoms with Crippen LogP contribution in [0.4, 0.5) is 26.3 Å². The molecule has 3 radical (unpaired) electrons. The molecule has 1 rings (SSSR count). The van der Waals surface area contributed by atoms with Gasteiger partial charge in [-0.05, 0) is 12.1 Å². The van der Waals surface area contributed by atoms with Crippen molar-refractivity contribution < 1.29 is 35.8 Å². The van der Waals surface area contributed by atoms with Gasteiger partial charge in [-0.1, -0.05) is 11.3 Å². The van der Waals surface area contributed by atoms with Crippen molar-refractivity contribution >= 4 is 15.4 Å². The first-order valence-corrected chi connectivity index (χ1v) is 4.44. The number of halogens is 6. The molecule has 0 unspecified atom stereocenters. The Labute approximate surface area is 94.6 Å². The predicted molar refractivity (Wildman–Crippen MR) is 45.2 cm³/mol. The fraction of sp³-hybridized carbons (Fsp3) is 0.250. The van der Waals surface area contributed by atoms with Crippen LogP contribution < -0.4 is 14.7 Å². The predicted octanol–water partition coefficient (Wildman–Crippen LogP) is 2.28. The highest BCUT2D eigenvalue weighted by Gasteiger charge is 2.36. The van der Waals surface area contributed by atoms with Gasteiger partial charge in [-0.2, -0.15) is 0 Å². The Morgan fingerprint density at radius 2 is 1.29 bits per heavy atom. The maximum atomic E-state index is 11.9. The van der Waals surface area contributed by atoms with E-state index in [9.17, 15) is 26.3 Å². The molecule has 93 valence electrons. The molecule has 0 N–H and O–H groups in total. The molecule has 0 aliphatic carbocycles. The van der Waals surface area contributed by atoms with E-state index in [-0.39, 0.29) is 5.19 Å². The van der Waals surface area contributed by atoms with Crippen LogP contribution >= 0.6 is 0 Å². The van der Waals surface area contributed by atoms with Crippen LogP contribution in [0.15, 0.2) is 18.2 Å². The molecule has 9 heteroatoms. The van der Waals surface area contributed by atoms with E-state index in [4.69, 9.17) is 0 Å². The zero-order valence-corrected chi connectivity index (χ0v) is 8.82. The largest absolute Gasteiger partial charge is 0.573 e. The zero-order valence-electron chi connectivity index (χ0n) is 7.82. The highest BCUT2D eigenvalue weighted by atomic mass is 28.1. The molecule has 1 aromatic rings. The maximum Gasteiger partial charge on any atom is 0.573 e. The molecule has 2 nitrogen and oxygen atoms in total. The summed E-state index contributed by atoms with van der Waals surface area (Å²) in [5.74, 6) is -2.15. The molecule has 0 heterocycles. The summed E-state index contributed by atoms with van der Waals surface area (Å²) in [7, 11) is 2.85. The van der Waals surface area contributed by atoms with Gasteiger partial charge in [-0.15, -0.1) is 26.3 Å². The van der Waals surface area contributed by atoms with Crippen molar-refractivity contribution in [3.63, 3.8) is 0 Å². The van der Waals surface area contributed by atoms with E-state index in [2.05, 4.69) is 19.7 Å². The van der Waals surface area contributed by atoms with Gasteiger partial charge in [0.2, 0.25) is 0 Å². The van der Waals surface area contributed by atoms with Gasteiger partial charge < -0.3 is 9.47 Å². The van der Waals surface area contributed by atoms with Gasteiger partial charge in [0, 0.05) is 0 Å². The second-order valence-corrected chi connectivity index (χ2v) is 3.33. The Bertz CT molecular complexity index is 400. The van der Waals surface area contributed by atoms with Crippen molar-refractivity contribution in [1.29, 1.82) is 0 Å². The smallest absolute Gasteiger partial charge is 0.402 e. The Morgan fingerprint density at radius 1 is 0.824 bits per heavy atom. The topological polar surface area (TPSA) is 18.5 Å². The van der Waals surface area contributed by atoms with Crippen LogP contribution in [0, 0.1) is 0 Å². The van der Waals surface area contributed by atoms with Gasteiger partial charge in [0.15, 0.2) is 11.5 Å². The summed E-state index contributed by atoms with van der Waals surface area (Å²) in [4.78, 5) is 0. The minimum Gasteiger partial charge on any atom is -0.402 e. The summed E-state index contributed by atoms with van der Waals surface area (Å²) >= 11 is 0. The monoisotopic (exact) mass is 273 g/mol. The van der Waals surface area contributed by atoms with E-state index in [1.807, 2.05) is 0 Å². The SMILES string of the molecule is FC(F)(F)Oc1ccc([Si])cc1OC(F)(F)F. The van der Waals surface area contributed by atoms with Crippen molar-refractivity contribution in [3.05, 3.63) is 18.2 Å². The Kier molecular flexibility index (Phi) is 3.60. The van der Waals surface area contributed by atoms with Crippen LogP contribution in [0.1, 0.15) is 0 Å². The molecule has 0 atom stereocenters. The average molecular weight is 273 g/mol. The number of benzene rings is 1. The summed E-state index contributed by atoms with van der Waals surface area (Å²) < 4.78 is 78.2. The normalized spacial score (nSPS) is 12.4. The molecule has 0 saturated carbocycles. The van der Waals surface area contributed by atoms with E-state index in [0.717, 1.165) is 6.07 Å². The number of rotatable bonds is 2. The third-order valence-electron chi connectivity index (χ3n) is 1.40. The Balaban J connectivity index is 3.04. The van der Waals surface area contributed by atoms with Gasteiger partial charge in [0.1, 0.15) is 0 Å². The third kappa shape index (κ3) is 4.98. The second-order valence-electron chi connectivity index (χ2n) is 2.76. The average Bonchev–Trinajstić information content (AvgIpc) is 2.05. The quantitative estimate of drug-likeness (QED) is 0.608. The van der Waals surface area contributed by atoms with Crippen molar-refractivity contribution in [2.45, 2.75) is 12.7 Å². The highest BCUT2D eigenvalue weighted by molar-refractivity contribution is 6.32. The van der Waals surface area contributed by atoms with Crippen molar-refractivity contribution in [2.75, 3.05) is 0 Å². The summed E-state index contributed by atoms with van der Waals surface area (Å²) in [6.45, 7) is 0. The summed E-state index contributed by atoms with van der Waals surface area (Å²) in [5, 5.41) is 0.110. The fourth-order valence-electron chi connectivity index (χ4n) is 0.922. The van der Waals surface area contributed by atoms with Crippen molar-refractivity contribution in [1.82, 2.24) is 0 Å². The summed E-state index contributed by atoms with van der Waals surface area (Å²) in [6.07, 6.45) is -10.2. The second kappa shape index (κ2) is 4.47. The molecule has 0 bridgehead atoms. The van der Waals surface area contributed by atoms with Crippen molar-refractivity contribution in [3.8, 4) is 11.5 Å². The number of alkyl halides is 6. The molecule has 0 amide bonds. The van der Waals surface area contributed by atoms with Crippen LogP contribution in [0.3, 0.4) is 0 Å². The molecular weight excluding hydrogens is 270 g/mol. The Hall–Kier alpha value is -1.38. The summed E-state index contributed by atoms with van der Waals surface area (Å²) in [5.41, 5.74) is 0. The molecule has 0 aliphatic heterocycles. The lowest BCUT2D eigenvalue weighted by molar-refractivity contribution is -0.287. The highest BCUT2D eigenvalue weighted by Crippen LogP contribution is 2.34. The first kappa shape index (κ1) is 13.7. The molecule has 17 heavy (non-hydrogen) atoms. The number of ether oxygens (including phenoxy) is 2. The van der Waals surface area contributed by atoms with Crippen LogP contribution in [0.5, 0.6) is 11.5 Å². The standard InChI is InChI=1S/C8H3F6O2Si/c9-7(10,11)15-5-2-1-4(17)3-6(5)16-8(12,13)14/h1-3H. The molecule has 0 saturated heterocycles. The lowest BCUT2D eigenvalue weighted by Gasteiger charge is -2.15. The van der Waals surface area contributed by atoms with E-state index in [1.165, 1.54) is 0 Å². The van der Waals surface area contributed by atoms with Gasteiger partial charge in [-0.25, -0.2) is 0 Å². The Morgan fingerprint density at radius 3 is 1.76 bits per heavy atom. The van der Waals surface area contributed by atoms with Crippen LogP contribution in [-0.4, -0.2) is 23.0 Å². The van der Waals surface area contributed by atoms with Crippen LogP contribution in [0.2, 0.25) is 0 Å². The van der Waals surface area contributed by atoms with Crippen molar-refractivity contribution in [2.24, 2.45) is 0 Å². The molecule has 0 aliphatic rings. The van der Waals surface area contributed by atoms with E-state index >= 15 is 0 Å². The molecule has 1 aromatic carbocycles. The lowest BCUT2D eigenvalue weighted by Crippen LogP contribution is -2.22. The number of hydrogen-bond acceptors (Lipinski definition) is 2. The third-order valence-corrected chi connectivity index (χ3v) is 1.71. The molecule has 0 aromatic heterocycles. The van der Waals surface area contributed by atoms with Crippen LogP contribution in [-0.2, 0) is 0 Å². The van der Waals surface area contributed by atoms with E-state index in [1.54, 1.807) is 0 Å². The van der Waals surface area contributed by atoms with E-state index in [0.29, 0.717) is 12.1 Å². The molecular formula is C8H3F6O2Si. The van der Waals surface area contributed by atoms with Gasteiger partial charge in [0.25, 0.3) is 0 Å². The minimum absolute atomic E-state index is 0.110. The molecule has 0 spiro atoms. The van der Waals surface area contributed by atoms with Gasteiger partial charge >= 0.3 is 12.7 Å². The maximum absolute atomic E-state index is 11.9. The minimum atomic E-state index is -5.11.